The summed E-state index contributed by atoms with van der Waals surface area (Å²) in [7, 11) is 2.05. The molecule has 20 heavy (non-hydrogen) atoms. The zero-order valence-electron chi connectivity index (χ0n) is 11.1. The molecule has 0 amide bonds. The normalized spacial score (nSPS) is 20.6. The van der Waals surface area contributed by atoms with Crippen LogP contribution in [0.5, 0.6) is 0 Å². The summed E-state index contributed by atoms with van der Waals surface area (Å²) >= 11 is 5.76. The Labute approximate surface area is 121 Å². The third kappa shape index (κ3) is 2.46. The highest BCUT2D eigenvalue weighted by molar-refractivity contribution is 6.31. The molecule has 0 aliphatic carbocycles. The molecule has 3 rings (SSSR count). The first-order valence-corrected chi connectivity index (χ1v) is 6.83. The van der Waals surface area contributed by atoms with E-state index in [1.54, 1.807) is 4.57 Å². The zero-order chi connectivity index (χ0) is 14.3. The lowest BCUT2D eigenvalue weighted by atomic mass is 10.2. The fourth-order valence-corrected chi connectivity index (χ4v) is 2.67. The number of benzene rings is 1. The highest BCUT2D eigenvalue weighted by Crippen LogP contribution is 2.25. The van der Waals surface area contributed by atoms with Crippen molar-refractivity contribution in [1.29, 1.82) is 0 Å². The lowest BCUT2D eigenvalue weighted by Crippen LogP contribution is -2.42. The molecular weight excluding hydrogens is 283 g/mol. The fourth-order valence-electron chi connectivity index (χ4n) is 2.51. The van der Waals surface area contributed by atoms with Crippen LogP contribution in [0.2, 0.25) is 5.02 Å². The van der Waals surface area contributed by atoms with Crippen LogP contribution in [0.15, 0.2) is 12.1 Å². The third-order valence-corrected chi connectivity index (χ3v) is 3.84. The molecule has 1 saturated heterocycles. The summed E-state index contributed by atoms with van der Waals surface area (Å²) in [5.41, 5.74) is 7.16. The van der Waals surface area contributed by atoms with Gasteiger partial charge in [-0.1, -0.05) is 11.6 Å². The summed E-state index contributed by atoms with van der Waals surface area (Å²) in [5.74, 6) is -0.125. The number of nitrogens with two attached hydrogens (primary N) is 1. The summed E-state index contributed by atoms with van der Waals surface area (Å²) in [6.07, 6.45) is 0.0205. The van der Waals surface area contributed by atoms with Crippen molar-refractivity contribution >= 4 is 28.6 Å². The van der Waals surface area contributed by atoms with Crippen molar-refractivity contribution in [2.24, 2.45) is 0 Å². The smallest absolute Gasteiger partial charge is 0.201 e. The number of rotatable bonds is 2. The minimum absolute atomic E-state index is 0.0205. The number of hydrogen-bond donors (Lipinski definition) is 1. The van der Waals surface area contributed by atoms with Gasteiger partial charge in [-0.25, -0.2) is 9.37 Å². The number of halogens is 2. The maximum Gasteiger partial charge on any atom is 0.201 e. The van der Waals surface area contributed by atoms with Crippen molar-refractivity contribution in [1.82, 2.24) is 14.5 Å². The molecule has 1 aromatic carbocycles. The monoisotopic (exact) mass is 298 g/mol. The molecule has 2 N–H and O–H groups in total. The molecule has 0 bridgehead atoms. The molecule has 7 heteroatoms. The van der Waals surface area contributed by atoms with Crippen LogP contribution in [0.25, 0.3) is 11.0 Å². The van der Waals surface area contributed by atoms with E-state index in [2.05, 4.69) is 9.88 Å². The van der Waals surface area contributed by atoms with Gasteiger partial charge in [-0.15, -0.1) is 0 Å². The van der Waals surface area contributed by atoms with Crippen molar-refractivity contribution in [3.8, 4) is 0 Å². The van der Waals surface area contributed by atoms with E-state index in [1.807, 2.05) is 7.05 Å². The van der Waals surface area contributed by atoms with Gasteiger partial charge in [-0.3, -0.25) is 0 Å². The minimum Gasteiger partial charge on any atom is -0.374 e. The van der Waals surface area contributed by atoms with E-state index in [4.69, 9.17) is 22.1 Å². The van der Waals surface area contributed by atoms with Crippen molar-refractivity contribution in [2.45, 2.75) is 12.6 Å². The van der Waals surface area contributed by atoms with Gasteiger partial charge in [-0.2, -0.15) is 0 Å². The highest BCUT2D eigenvalue weighted by atomic mass is 35.5. The van der Waals surface area contributed by atoms with Crippen LogP contribution in [0.3, 0.4) is 0 Å². The van der Waals surface area contributed by atoms with Crippen LogP contribution in [0.4, 0.5) is 10.3 Å². The Kier molecular flexibility index (Phi) is 3.54. The molecule has 2 aromatic rings. The number of hydrogen-bond acceptors (Lipinski definition) is 4. The molecule has 1 fully saturated rings. The molecule has 108 valence electrons. The van der Waals surface area contributed by atoms with E-state index >= 15 is 0 Å². The Hall–Kier alpha value is -1.37. The number of likely N-dealkylation sites (N-methyl/N-ethyl adjacent to an activating group) is 1. The molecule has 0 saturated carbocycles. The summed E-state index contributed by atoms with van der Waals surface area (Å²) in [4.78, 5) is 6.42. The SMILES string of the molecule is CN1CCOC(Cn2c(N)nc3cc(Cl)c(F)cc32)C1. The third-order valence-electron chi connectivity index (χ3n) is 3.55. The van der Waals surface area contributed by atoms with E-state index in [9.17, 15) is 4.39 Å². The van der Waals surface area contributed by atoms with Gasteiger partial charge < -0.3 is 19.9 Å². The van der Waals surface area contributed by atoms with Gasteiger partial charge in [0.2, 0.25) is 5.95 Å². The van der Waals surface area contributed by atoms with Crippen molar-refractivity contribution in [3.05, 3.63) is 23.0 Å². The highest BCUT2D eigenvalue weighted by Gasteiger charge is 2.21. The Morgan fingerprint density at radius 2 is 2.35 bits per heavy atom. The maximum atomic E-state index is 13.6. The van der Waals surface area contributed by atoms with Gasteiger partial charge in [0.05, 0.1) is 35.3 Å². The van der Waals surface area contributed by atoms with Crippen LogP contribution in [-0.2, 0) is 11.3 Å². The average Bonchev–Trinajstić information content (AvgIpc) is 2.67. The molecular formula is C13H16ClFN4O. The van der Waals surface area contributed by atoms with Crippen LogP contribution >= 0.6 is 11.6 Å². The number of morpholine rings is 1. The van der Waals surface area contributed by atoms with E-state index in [0.29, 0.717) is 30.1 Å². The average molecular weight is 299 g/mol. The van der Waals surface area contributed by atoms with Gasteiger partial charge in [-0.05, 0) is 13.1 Å². The molecule has 5 nitrogen and oxygen atoms in total. The van der Waals surface area contributed by atoms with Crippen LogP contribution in [-0.4, -0.2) is 47.3 Å². The largest absolute Gasteiger partial charge is 0.374 e. The summed E-state index contributed by atoms with van der Waals surface area (Å²) in [5, 5.41) is 0.0517. The van der Waals surface area contributed by atoms with E-state index in [1.165, 1.54) is 12.1 Å². The first-order valence-electron chi connectivity index (χ1n) is 6.45. The molecule has 1 atom stereocenters. The summed E-state index contributed by atoms with van der Waals surface area (Å²) in [6, 6.07) is 2.86. The second-order valence-electron chi connectivity index (χ2n) is 5.09. The Morgan fingerprint density at radius 3 is 3.10 bits per heavy atom. The molecule has 0 radical (unpaired) electrons. The molecule has 1 aliphatic rings. The summed E-state index contributed by atoms with van der Waals surface area (Å²) in [6.45, 7) is 2.97. The quantitative estimate of drug-likeness (QED) is 0.917. The zero-order valence-corrected chi connectivity index (χ0v) is 11.9. The van der Waals surface area contributed by atoms with Crippen LogP contribution in [0.1, 0.15) is 0 Å². The van der Waals surface area contributed by atoms with E-state index in [-0.39, 0.29) is 11.1 Å². The van der Waals surface area contributed by atoms with Gasteiger partial charge in [0, 0.05) is 19.2 Å². The molecule has 1 aromatic heterocycles. The molecule has 2 heterocycles. The lowest BCUT2D eigenvalue weighted by molar-refractivity contribution is -0.0267. The number of aromatic nitrogens is 2. The van der Waals surface area contributed by atoms with Crippen LogP contribution < -0.4 is 5.73 Å². The van der Waals surface area contributed by atoms with Gasteiger partial charge in [0.25, 0.3) is 0 Å². The van der Waals surface area contributed by atoms with Gasteiger partial charge in [0.15, 0.2) is 0 Å². The Morgan fingerprint density at radius 1 is 1.55 bits per heavy atom. The number of imidazole rings is 1. The fraction of sp³-hybridized carbons (Fsp3) is 0.462. The number of anilines is 1. The van der Waals surface area contributed by atoms with E-state index in [0.717, 1.165) is 13.1 Å². The second kappa shape index (κ2) is 5.20. The predicted molar refractivity (Wildman–Crippen MR) is 76.4 cm³/mol. The minimum atomic E-state index is -0.470. The molecule has 1 unspecified atom stereocenters. The maximum absolute atomic E-state index is 13.6. The summed E-state index contributed by atoms with van der Waals surface area (Å²) < 4.78 is 21.1. The number of nitrogens with zero attached hydrogens (tertiary/aromatic N) is 3. The van der Waals surface area contributed by atoms with Crippen molar-refractivity contribution in [2.75, 3.05) is 32.5 Å². The van der Waals surface area contributed by atoms with Crippen molar-refractivity contribution in [3.63, 3.8) is 0 Å². The topological polar surface area (TPSA) is 56.3 Å². The van der Waals surface area contributed by atoms with Gasteiger partial charge >= 0.3 is 0 Å². The first kappa shape index (κ1) is 13.6. The number of ether oxygens (including phenoxy) is 1. The first-order chi connectivity index (χ1) is 9.54. The molecule has 0 spiro atoms. The molecule has 1 aliphatic heterocycles. The van der Waals surface area contributed by atoms with Crippen molar-refractivity contribution < 1.29 is 9.13 Å². The van der Waals surface area contributed by atoms with E-state index < -0.39 is 5.82 Å². The number of nitrogen functional groups attached to an aromatic ring is 1. The standard InChI is InChI=1S/C13H16ClFN4O/c1-18-2-3-20-8(6-18)7-19-12-5-10(15)9(14)4-11(12)17-13(19)16/h4-5,8H,2-3,6-7H2,1H3,(H2,16,17). The number of fused-ring (bicyclic) bond motifs is 1. The lowest BCUT2D eigenvalue weighted by Gasteiger charge is -2.30. The Bertz CT molecular complexity index is 645. The Balaban J connectivity index is 1.94. The second-order valence-corrected chi connectivity index (χ2v) is 5.50. The predicted octanol–water partition coefficient (Wildman–Crippen LogP) is 1.74. The van der Waals surface area contributed by atoms with Gasteiger partial charge in [0.1, 0.15) is 5.82 Å². The van der Waals surface area contributed by atoms with Crippen LogP contribution in [0, 0.1) is 5.82 Å².